The summed E-state index contributed by atoms with van der Waals surface area (Å²) in [5.41, 5.74) is 7.13. The highest BCUT2D eigenvalue weighted by Crippen LogP contribution is 2.20. The average molecular weight is 262 g/mol. The van der Waals surface area contributed by atoms with E-state index >= 15 is 0 Å². The zero-order valence-electron chi connectivity index (χ0n) is 9.40. The van der Waals surface area contributed by atoms with Crippen molar-refractivity contribution in [2.45, 2.75) is 25.6 Å². The van der Waals surface area contributed by atoms with Crippen molar-refractivity contribution in [3.05, 3.63) is 34.3 Å². The molecule has 1 aromatic rings. The van der Waals surface area contributed by atoms with Gasteiger partial charge in [0.2, 0.25) is 0 Å². The summed E-state index contributed by atoms with van der Waals surface area (Å²) < 4.78 is 23.4. The van der Waals surface area contributed by atoms with E-state index in [1.807, 2.05) is 13.0 Å². The van der Waals surface area contributed by atoms with Crippen LogP contribution in [0.25, 0.3) is 0 Å². The van der Waals surface area contributed by atoms with Crippen LogP contribution in [-0.4, -0.2) is 20.2 Å². The number of benzene rings is 1. The number of hydrogen-bond donors (Lipinski definition) is 1. The number of sulfone groups is 1. The predicted molar refractivity (Wildman–Crippen MR) is 67.3 cm³/mol. The van der Waals surface area contributed by atoms with E-state index in [0.717, 1.165) is 5.56 Å². The normalized spacial score (nSPS) is 13.8. The Bertz CT molecular complexity index is 469. The van der Waals surface area contributed by atoms with Crippen LogP contribution in [-0.2, 0) is 15.6 Å². The first-order valence-electron chi connectivity index (χ1n) is 5.01. The summed E-state index contributed by atoms with van der Waals surface area (Å²) in [5, 5.41) is 0.494. The van der Waals surface area contributed by atoms with Gasteiger partial charge in [0.05, 0.1) is 11.5 Å². The Morgan fingerprint density at radius 3 is 2.56 bits per heavy atom. The molecule has 0 bridgehead atoms. The first kappa shape index (κ1) is 13.5. The minimum absolute atomic E-state index is 0.0167. The molecular weight excluding hydrogens is 246 g/mol. The highest BCUT2D eigenvalue weighted by atomic mass is 35.5. The fraction of sp³-hybridized carbons (Fsp3) is 0.455. The monoisotopic (exact) mass is 261 g/mol. The van der Waals surface area contributed by atoms with Gasteiger partial charge < -0.3 is 5.73 Å². The maximum Gasteiger partial charge on any atom is 0.156 e. The summed E-state index contributed by atoms with van der Waals surface area (Å²) >= 11 is 5.98. The Kier molecular flexibility index (Phi) is 4.35. The van der Waals surface area contributed by atoms with Crippen LogP contribution in [0, 0.1) is 6.92 Å². The smallest absolute Gasteiger partial charge is 0.156 e. The van der Waals surface area contributed by atoms with Crippen molar-refractivity contribution in [3.63, 3.8) is 0 Å². The molecule has 0 aliphatic rings. The standard InChI is InChI=1S/C11H16ClNO2S/c1-8-3-4-10(11(12)5-8)7-16(14,15)6-9(2)13/h3-5,9H,6-7,13H2,1-2H3. The topological polar surface area (TPSA) is 60.2 Å². The Labute approximate surface area is 102 Å². The van der Waals surface area contributed by atoms with E-state index in [-0.39, 0.29) is 17.5 Å². The van der Waals surface area contributed by atoms with Gasteiger partial charge in [0, 0.05) is 11.1 Å². The van der Waals surface area contributed by atoms with Crippen molar-refractivity contribution in [2.75, 3.05) is 5.75 Å². The molecule has 2 N–H and O–H groups in total. The zero-order chi connectivity index (χ0) is 12.3. The van der Waals surface area contributed by atoms with Crippen molar-refractivity contribution < 1.29 is 8.42 Å². The quantitative estimate of drug-likeness (QED) is 0.901. The lowest BCUT2D eigenvalue weighted by Crippen LogP contribution is -2.27. The van der Waals surface area contributed by atoms with Gasteiger partial charge in [-0.3, -0.25) is 0 Å². The predicted octanol–water partition coefficient (Wildman–Crippen LogP) is 1.91. The molecule has 0 aliphatic carbocycles. The largest absolute Gasteiger partial charge is 0.327 e. The fourth-order valence-electron chi connectivity index (χ4n) is 1.47. The first-order valence-corrected chi connectivity index (χ1v) is 7.21. The SMILES string of the molecule is Cc1ccc(CS(=O)(=O)CC(C)N)c(Cl)c1. The third-order valence-electron chi connectivity index (χ3n) is 2.10. The first-order chi connectivity index (χ1) is 7.30. The molecule has 3 nitrogen and oxygen atoms in total. The molecule has 0 heterocycles. The third kappa shape index (κ3) is 4.12. The van der Waals surface area contributed by atoms with Crippen LogP contribution in [0.4, 0.5) is 0 Å². The molecule has 0 fully saturated rings. The Morgan fingerprint density at radius 2 is 2.06 bits per heavy atom. The Balaban J connectivity index is 2.88. The van der Waals surface area contributed by atoms with Crippen molar-refractivity contribution in [1.29, 1.82) is 0 Å². The van der Waals surface area contributed by atoms with Gasteiger partial charge in [-0.05, 0) is 31.0 Å². The van der Waals surface area contributed by atoms with Crippen LogP contribution in [0.15, 0.2) is 18.2 Å². The van der Waals surface area contributed by atoms with Crippen LogP contribution < -0.4 is 5.73 Å². The van der Waals surface area contributed by atoms with Gasteiger partial charge in [0.15, 0.2) is 9.84 Å². The van der Waals surface area contributed by atoms with Gasteiger partial charge in [-0.2, -0.15) is 0 Å². The zero-order valence-corrected chi connectivity index (χ0v) is 11.0. The van der Waals surface area contributed by atoms with Gasteiger partial charge in [0.1, 0.15) is 0 Å². The molecule has 0 aliphatic heterocycles. The van der Waals surface area contributed by atoms with Crippen molar-refractivity contribution in [3.8, 4) is 0 Å². The van der Waals surface area contributed by atoms with Crippen molar-refractivity contribution >= 4 is 21.4 Å². The second-order valence-corrected chi connectivity index (χ2v) is 6.64. The van der Waals surface area contributed by atoms with E-state index < -0.39 is 9.84 Å². The molecule has 0 aromatic heterocycles. The second-order valence-electron chi connectivity index (χ2n) is 4.13. The lowest BCUT2D eigenvalue weighted by Gasteiger charge is -2.08. The number of aryl methyl sites for hydroxylation is 1. The average Bonchev–Trinajstić information content (AvgIpc) is 2.07. The molecule has 0 spiro atoms. The molecule has 0 radical (unpaired) electrons. The Hall–Kier alpha value is -0.580. The molecule has 0 saturated carbocycles. The molecule has 1 unspecified atom stereocenters. The van der Waals surface area contributed by atoms with Crippen LogP contribution >= 0.6 is 11.6 Å². The van der Waals surface area contributed by atoms with E-state index in [1.54, 1.807) is 19.1 Å². The Morgan fingerprint density at radius 1 is 1.44 bits per heavy atom. The van der Waals surface area contributed by atoms with Crippen LogP contribution in [0.5, 0.6) is 0 Å². The number of rotatable bonds is 4. The lowest BCUT2D eigenvalue weighted by atomic mass is 10.2. The second kappa shape index (κ2) is 5.17. The van der Waals surface area contributed by atoms with Crippen LogP contribution in [0.1, 0.15) is 18.1 Å². The van der Waals surface area contributed by atoms with E-state index in [9.17, 15) is 8.42 Å². The van der Waals surface area contributed by atoms with Crippen molar-refractivity contribution in [1.82, 2.24) is 0 Å². The van der Waals surface area contributed by atoms with Gasteiger partial charge >= 0.3 is 0 Å². The molecule has 0 saturated heterocycles. The van der Waals surface area contributed by atoms with E-state index in [4.69, 9.17) is 17.3 Å². The maximum absolute atomic E-state index is 11.7. The van der Waals surface area contributed by atoms with Crippen LogP contribution in [0.2, 0.25) is 5.02 Å². The summed E-state index contributed by atoms with van der Waals surface area (Å²) in [6.07, 6.45) is 0. The molecule has 5 heteroatoms. The minimum atomic E-state index is -3.18. The summed E-state index contributed by atoms with van der Waals surface area (Å²) in [6, 6.07) is 5.01. The highest BCUT2D eigenvalue weighted by Gasteiger charge is 2.16. The van der Waals surface area contributed by atoms with Crippen molar-refractivity contribution in [2.24, 2.45) is 5.73 Å². The minimum Gasteiger partial charge on any atom is -0.327 e. The molecule has 0 amide bonds. The van der Waals surface area contributed by atoms with Gasteiger partial charge in [0.25, 0.3) is 0 Å². The van der Waals surface area contributed by atoms with E-state index in [1.165, 1.54) is 0 Å². The van der Waals surface area contributed by atoms with E-state index in [0.29, 0.717) is 10.6 Å². The third-order valence-corrected chi connectivity index (χ3v) is 4.24. The summed E-state index contributed by atoms with van der Waals surface area (Å²) in [5.74, 6) is -0.0646. The molecule has 90 valence electrons. The fourth-order valence-corrected chi connectivity index (χ4v) is 3.49. The lowest BCUT2D eigenvalue weighted by molar-refractivity contribution is 0.589. The molecular formula is C11H16ClNO2S. The van der Waals surface area contributed by atoms with E-state index in [2.05, 4.69) is 0 Å². The van der Waals surface area contributed by atoms with Gasteiger partial charge in [-0.25, -0.2) is 8.42 Å². The highest BCUT2D eigenvalue weighted by molar-refractivity contribution is 7.90. The number of hydrogen-bond acceptors (Lipinski definition) is 3. The summed E-state index contributed by atoms with van der Waals surface area (Å²) in [7, 11) is -3.18. The molecule has 1 rings (SSSR count). The molecule has 1 atom stereocenters. The van der Waals surface area contributed by atoms with Gasteiger partial charge in [-0.15, -0.1) is 0 Å². The summed E-state index contributed by atoms with van der Waals surface area (Å²) in [4.78, 5) is 0. The van der Waals surface area contributed by atoms with Crippen LogP contribution in [0.3, 0.4) is 0 Å². The maximum atomic E-state index is 11.7. The molecule has 16 heavy (non-hydrogen) atoms. The number of halogens is 1. The summed E-state index contributed by atoms with van der Waals surface area (Å²) in [6.45, 7) is 3.58. The number of nitrogens with two attached hydrogens (primary N) is 1. The molecule has 1 aromatic carbocycles. The van der Waals surface area contributed by atoms with Gasteiger partial charge in [-0.1, -0.05) is 23.7 Å².